The van der Waals surface area contributed by atoms with Crippen LogP contribution in [0.4, 0.5) is 0 Å². The molecular weight excluding hydrogens is 310 g/mol. The van der Waals surface area contributed by atoms with Crippen LogP contribution in [0.1, 0.15) is 12.7 Å². The first-order chi connectivity index (χ1) is 9.93. The fourth-order valence-electron chi connectivity index (χ4n) is 2.27. The van der Waals surface area contributed by atoms with E-state index in [0.717, 1.165) is 16.9 Å². The van der Waals surface area contributed by atoms with Crippen molar-refractivity contribution in [2.75, 3.05) is 18.2 Å². The summed E-state index contributed by atoms with van der Waals surface area (Å²) in [5.74, 6) is 1.22. The van der Waals surface area contributed by atoms with Gasteiger partial charge in [0.2, 0.25) is 10.0 Å². The molecule has 116 valence electrons. The molecule has 2 rings (SSSR count). The largest absolute Gasteiger partial charge is 0.327 e. The van der Waals surface area contributed by atoms with Gasteiger partial charge in [0.15, 0.2) is 0 Å². The molecule has 1 aromatic carbocycles. The number of alkyl halides is 1. The molecule has 0 fully saturated rings. The van der Waals surface area contributed by atoms with E-state index in [4.69, 9.17) is 11.6 Å². The van der Waals surface area contributed by atoms with Crippen LogP contribution in [0.3, 0.4) is 0 Å². The third-order valence-corrected chi connectivity index (χ3v) is 5.45. The molecule has 21 heavy (non-hydrogen) atoms. The van der Waals surface area contributed by atoms with E-state index in [1.165, 1.54) is 0 Å². The molecule has 1 unspecified atom stereocenters. The molecule has 0 saturated carbocycles. The van der Waals surface area contributed by atoms with Gasteiger partial charge in [-0.05, 0) is 25.0 Å². The lowest BCUT2D eigenvalue weighted by Gasteiger charge is -2.11. The van der Waals surface area contributed by atoms with Crippen LogP contribution >= 0.6 is 11.6 Å². The van der Waals surface area contributed by atoms with Crippen molar-refractivity contribution >= 4 is 32.7 Å². The van der Waals surface area contributed by atoms with E-state index >= 15 is 0 Å². The Morgan fingerprint density at radius 3 is 2.81 bits per heavy atom. The molecule has 5 nitrogen and oxygen atoms in total. The van der Waals surface area contributed by atoms with Crippen molar-refractivity contribution in [1.82, 2.24) is 14.3 Å². The zero-order valence-corrected chi connectivity index (χ0v) is 13.8. The van der Waals surface area contributed by atoms with E-state index in [1.54, 1.807) is 0 Å². The number of rotatable bonds is 7. The highest BCUT2D eigenvalue weighted by Crippen LogP contribution is 2.14. The van der Waals surface area contributed by atoms with E-state index in [2.05, 4.69) is 9.71 Å². The van der Waals surface area contributed by atoms with E-state index < -0.39 is 10.0 Å². The average Bonchev–Trinajstić information content (AvgIpc) is 2.74. The van der Waals surface area contributed by atoms with Crippen LogP contribution in [-0.2, 0) is 16.6 Å². The summed E-state index contributed by atoms with van der Waals surface area (Å²) >= 11 is 5.65. The fraction of sp³-hybridized carbons (Fsp3) is 0.500. The van der Waals surface area contributed by atoms with Gasteiger partial charge in [0.1, 0.15) is 5.82 Å². The summed E-state index contributed by atoms with van der Waals surface area (Å²) < 4.78 is 28.4. The van der Waals surface area contributed by atoms with E-state index in [0.29, 0.717) is 19.0 Å². The van der Waals surface area contributed by atoms with Crippen LogP contribution in [0.2, 0.25) is 0 Å². The third kappa shape index (κ3) is 4.18. The number of nitrogens with zero attached hydrogens (tertiary/aromatic N) is 2. The predicted molar refractivity (Wildman–Crippen MR) is 86.1 cm³/mol. The van der Waals surface area contributed by atoms with Crippen LogP contribution < -0.4 is 4.72 Å². The van der Waals surface area contributed by atoms with E-state index in [-0.39, 0.29) is 11.7 Å². The molecule has 1 N–H and O–H groups in total. The molecule has 0 amide bonds. The Labute approximate surface area is 130 Å². The molecule has 7 heteroatoms. The second-order valence-corrected chi connectivity index (χ2v) is 7.39. The molecule has 0 aliphatic carbocycles. The summed E-state index contributed by atoms with van der Waals surface area (Å²) in [7, 11) is -3.28. The first-order valence-electron chi connectivity index (χ1n) is 6.88. The van der Waals surface area contributed by atoms with Gasteiger partial charge in [0, 0.05) is 19.0 Å². The average molecular weight is 330 g/mol. The highest BCUT2D eigenvalue weighted by atomic mass is 35.5. The first-order valence-corrected chi connectivity index (χ1v) is 9.07. The number of imidazole rings is 1. The third-order valence-electron chi connectivity index (χ3n) is 3.27. The van der Waals surface area contributed by atoms with Gasteiger partial charge in [0.05, 0.1) is 16.8 Å². The number of benzene rings is 1. The molecule has 0 aliphatic heterocycles. The van der Waals surface area contributed by atoms with Crippen molar-refractivity contribution in [3.05, 3.63) is 30.1 Å². The Kier molecular flexibility index (Phi) is 5.24. The number of aryl methyl sites for hydroxylation is 1. The number of sulfonamides is 1. The number of nitrogens with one attached hydrogen (secondary N) is 1. The number of para-hydroxylation sites is 2. The normalized spacial score (nSPS) is 13.7. The quantitative estimate of drug-likeness (QED) is 0.791. The van der Waals surface area contributed by atoms with Gasteiger partial charge in [-0.1, -0.05) is 19.1 Å². The van der Waals surface area contributed by atoms with Gasteiger partial charge < -0.3 is 4.57 Å². The Morgan fingerprint density at radius 2 is 2.10 bits per heavy atom. The monoisotopic (exact) mass is 329 g/mol. The smallest absolute Gasteiger partial charge is 0.211 e. The highest BCUT2D eigenvalue weighted by molar-refractivity contribution is 7.89. The van der Waals surface area contributed by atoms with Crippen molar-refractivity contribution in [2.24, 2.45) is 5.92 Å². The number of aromatic nitrogens is 2. The number of fused-ring (bicyclic) bond motifs is 1. The summed E-state index contributed by atoms with van der Waals surface area (Å²) in [5.41, 5.74) is 1.94. The zero-order valence-electron chi connectivity index (χ0n) is 12.2. The zero-order chi connectivity index (χ0) is 15.5. The van der Waals surface area contributed by atoms with E-state index in [9.17, 15) is 8.42 Å². The summed E-state index contributed by atoms with van der Waals surface area (Å²) in [6.07, 6.45) is 0. The minimum atomic E-state index is -3.28. The fourth-order valence-corrected chi connectivity index (χ4v) is 3.89. The topological polar surface area (TPSA) is 64.0 Å². The summed E-state index contributed by atoms with van der Waals surface area (Å²) in [4.78, 5) is 4.46. The van der Waals surface area contributed by atoms with Gasteiger partial charge in [-0.15, -0.1) is 11.6 Å². The van der Waals surface area contributed by atoms with Crippen molar-refractivity contribution in [3.8, 4) is 0 Å². The number of hydrogen-bond donors (Lipinski definition) is 1. The molecule has 1 heterocycles. The van der Waals surface area contributed by atoms with Crippen LogP contribution in [0.5, 0.6) is 0 Å². The molecule has 2 aromatic rings. The number of halogens is 1. The van der Waals surface area contributed by atoms with Gasteiger partial charge in [-0.3, -0.25) is 0 Å². The maximum absolute atomic E-state index is 11.9. The second-order valence-electron chi connectivity index (χ2n) is 5.23. The predicted octanol–water partition coefficient (Wildman–Crippen LogP) is 2.14. The van der Waals surface area contributed by atoms with Crippen LogP contribution in [0.25, 0.3) is 11.0 Å². The summed E-state index contributed by atoms with van der Waals surface area (Å²) in [6, 6.07) is 7.83. The van der Waals surface area contributed by atoms with Gasteiger partial charge in [-0.2, -0.15) is 0 Å². The Bertz CT molecular complexity index is 712. The lowest BCUT2D eigenvalue weighted by molar-refractivity contribution is 0.561. The minimum absolute atomic E-state index is 0.0556. The lowest BCUT2D eigenvalue weighted by atomic mass is 10.3. The molecule has 1 aromatic heterocycles. The molecule has 1 atom stereocenters. The molecule has 0 radical (unpaired) electrons. The molecule has 0 saturated heterocycles. The standard InChI is InChI=1S/C14H20ClN3O2S/c1-11(9-15)10-21(19,20)16-7-8-18-12(2)17-13-5-3-4-6-14(13)18/h3-6,11,16H,7-10H2,1-2H3. The Morgan fingerprint density at radius 1 is 1.38 bits per heavy atom. The molecule has 0 aliphatic rings. The SMILES string of the molecule is Cc1nc2ccccc2n1CCNS(=O)(=O)CC(C)CCl. The van der Waals surface area contributed by atoms with Gasteiger partial charge in [-0.25, -0.2) is 18.1 Å². The Hall–Kier alpha value is -1.11. The van der Waals surface area contributed by atoms with Gasteiger partial charge in [0.25, 0.3) is 0 Å². The second kappa shape index (κ2) is 6.77. The first kappa shape index (κ1) is 16.3. The molecule has 0 bridgehead atoms. The van der Waals surface area contributed by atoms with Crippen LogP contribution in [0, 0.1) is 12.8 Å². The maximum atomic E-state index is 11.9. The molecular formula is C14H20ClN3O2S. The van der Waals surface area contributed by atoms with Crippen molar-refractivity contribution < 1.29 is 8.42 Å². The summed E-state index contributed by atoms with van der Waals surface area (Å²) in [6.45, 7) is 4.64. The van der Waals surface area contributed by atoms with Crippen LogP contribution in [0.15, 0.2) is 24.3 Å². The van der Waals surface area contributed by atoms with E-state index in [1.807, 2.05) is 42.7 Å². The summed E-state index contributed by atoms with van der Waals surface area (Å²) in [5, 5.41) is 0. The number of hydrogen-bond acceptors (Lipinski definition) is 3. The lowest BCUT2D eigenvalue weighted by Crippen LogP contribution is -2.32. The van der Waals surface area contributed by atoms with Crippen molar-refractivity contribution in [3.63, 3.8) is 0 Å². The highest BCUT2D eigenvalue weighted by Gasteiger charge is 2.15. The van der Waals surface area contributed by atoms with Crippen LogP contribution in [-0.4, -0.2) is 36.1 Å². The van der Waals surface area contributed by atoms with Crippen molar-refractivity contribution in [2.45, 2.75) is 20.4 Å². The van der Waals surface area contributed by atoms with Gasteiger partial charge >= 0.3 is 0 Å². The Balaban J connectivity index is 2.01. The maximum Gasteiger partial charge on any atom is 0.211 e. The van der Waals surface area contributed by atoms with Crippen molar-refractivity contribution in [1.29, 1.82) is 0 Å². The minimum Gasteiger partial charge on any atom is -0.327 e. The molecule has 0 spiro atoms.